The maximum absolute atomic E-state index is 11.1. The summed E-state index contributed by atoms with van der Waals surface area (Å²) in [5.41, 5.74) is -0.860. The van der Waals surface area contributed by atoms with Crippen LogP contribution in [0.5, 0.6) is 0 Å². The second-order valence-electron chi connectivity index (χ2n) is 4.17. The van der Waals surface area contributed by atoms with Gasteiger partial charge in [0.1, 0.15) is 0 Å². The number of hydrogen-bond acceptors (Lipinski definition) is 4. The fourth-order valence-electron chi connectivity index (χ4n) is 1.23. The molecule has 0 saturated carbocycles. The zero-order valence-corrected chi connectivity index (χ0v) is 9.74. The second kappa shape index (κ2) is 5.70. The number of rotatable bonds is 6. The first-order valence-corrected chi connectivity index (χ1v) is 4.87. The van der Waals surface area contributed by atoms with Crippen LogP contribution in [0.3, 0.4) is 0 Å². The molecule has 0 rings (SSSR count). The van der Waals surface area contributed by atoms with E-state index in [4.69, 9.17) is 9.84 Å². The van der Waals surface area contributed by atoms with Gasteiger partial charge in [-0.1, -0.05) is 0 Å². The highest BCUT2D eigenvalue weighted by Crippen LogP contribution is 2.16. The highest BCUT2D eigenvalue weighted by Gasteiger charge is 2.29. The monoisotopic (exact) mass is 217 g/mol. The lowest BCUT2D eigenvalue weighted by molar-refractivity contribution is -0.150. The number of nitrogens with zero attached hydrogens (tertiary/aromatic N) is 1. The van der Waals surface area contributed by atoms with Crippen molar-refractivity contribution in [2.24, 2.45) is 5.41 Å². The lowest BCUT2D eigenvalue weighted by Crippen LogP contribution is -2.39. The van der Waals surface area contributed by atoms with Gasteiger partial charge in [-0.15, -0.1) is 0 Å². The Labute approximate surface area is 90.0 Å². The fraction of sp³-hybridized carbons (Fsp3) is 0.800. The van der Waals surface area contributed by atoms with E-state index < -0.39 is 11.4 Å². The average molecular weight is 217 g/mol. The Balaban J connectivity index is 4.08. The van der Waals surface area contributed by atoms with Gasteiger partial charge in [0.2, 0.25) is 0 Å². The van der Waals surface area contributed by atoms with Crippen LogP contribution in [-0.4, -0.2) is 48.7 Å². The van der Waals surface area contributed by atoms with Crippen molar-refractivity contribution in [3.8, 4) is 0 Å². The van der Waals surface area contributed by atoms with Crippen molar-refractivity contribution >= 4 is 11.9 Å². The van der Waals surface area contributed by atoms with Gasteiger partial charge in [0.25, 0.3) is 0 Å². The van der Waals surface area contributed by atoms with Crippen LogP contribution in [0, 0.1) is 5.41 Å². The van der Waals surface area contributed by atoms with Gasteiger partial charge in [-0.3, -0.25) is 14.5 Å². The highest BCUT2D eigenvalue weighted by molar-refractivity contribution is 5.74. The van der Waals surface area contributed by atoms with Crippen molar-refractivity contribution in [2.45, 2.75) is 20.8 Å². The molecule has 0 radical (unpaired) electrons. The van der Waals surface area contributed by atoms with Crippen molar-refractivity contribution in [1.29, 1.82) is 0 Å². The van der Waals surface area contributed by atoms with Gasteiger partial charge < -0.3 is 9.84 Å². The van der Waals surface area contributed by atoms with Crippen LogP contribution in [-0.2, 0) is 14.3 Å². The number of carbonyl (C=O) groups is 2. The maximum atomic E-state index is 11.1. The molecule has 0 aromatic carbocycles. The summed E-state index contributed by atoms with van der Waals surface area (Å²) >= 11 is 0. The zero-order valence-electron chi connectivity index (χ0n) is 9.74. The van der Waals surface area contributed by atoms with Crippen LogP contribution in [0.25, 0.3) is 0 Å². The molecule has 0 amide bonds. The molecule has 5 heteroatoms. The van der Waals surface area contributed by atoms with Crippen LogP contribution in [0.1, 0.15) is 20.8 Å². The largest absolute Gasteiger partial charge is 0.481 e. The average Bonchev–Trinajstić information content (AvgIpc) is 2.02. The van der Waals surface area contributed by atoms with Crippen molar-refractivity contribution in [1.82, 2.24) is 4.90 Å². The predicted molar refractivity (Wildman–Crippen MR) is 55.5 cm³/mol. The molecular weight excluding hydrogens is 198 g/mol. The molecule has 88 valence electrons. The molecule has 5 nitrogen and oxygen atoms in total. The molecule has 1 N–H and O–H groups in total. The van der Waals surface area contributed by atoms with E-state index in [1.54, 1.807) is 32.7 Å². The Bertz CT molecular complexity index is 238. The smallest absolute Gasteiger partial charge is 0.320 e. The first-order chi connectivity index (χ1) is 6.79. The van der Waals surface area contributed by atoms with Crippen LogP contribution in [0.4, 0.5) is 0 Å². The molecule has 0 aliphatic heterocycles. The Morgan fingerprint density at radius 1 is 1.40 bits per heavy atom. The fourth-order valence-corrected chi connectivity index (χ4v) is 1.23. The van der Waals surface area contributed by atoms with Gasteiger partial charge in [0.15, 0.2) is 0 Å². The minimum atomic E-state index is -0.877. The van der Waals surface area contributed by atoms with Crippen LogP contribution < -0.4 is 0 Å². The molecule has 0 unspecified atom stereocenters. The molecule has 0 aromatic rings. The molecule has 0 aromatic heterocycles. The van der Waals surface area contributed by atoms with Gasteiger partial charge in [-0.25, -0.2) is 0 Å². The maximum Gasteiger partial charge on any atom is 0.320 e. The topological polar surface area (TPSA) is 66.8 Å². The summed E-state index contributed by atoms with van der Waals surface area (Å²) in [5.74, 6) is -1.21. The minimum absolute atomic E-state index is 0.116. The molecule has 0 atom stereocenters. The third kappa shape index (κ3) is 5.37. The Kier molecular flexibility index (Phi) is 5.28. The minimum Gasteiger partial charge on any atom is -0.481 e. The van der Waals surface area contributed by atoms with Crippen molar-refractivity contribution in [2.75, 3.05) is 26.7 Å². The lowest BCUT2D eigenvalue weighted by Gasteiger charge is -2.25. The number of esters is 1. The van der Waals surface area contributed by atoms with Crippen molar-refractivity contribution in [3.63, 3.8) is 0 Å². The lowest BCUT2D eigenvalue weighted by atomic mass is 9.93. The van der Waals surface area contributed by atoms with E-state index >= 15 is 0 Å². The molecular formula is C10H19NO4. The molecule has 0 saturated heterocycles. The normalized spacial score (nSPS) is 11.5. The van der Waals surface area contributed by atoms with Crippen molar-refractivity contribution < 1.29 is 19.4 Å². The third-order valence-electron chi connectivity index (χ3n) is 1.95. The van der Waals surface area contributed by atoms with E-state index in [0.29, 0.717) is 13.2 Å². The SMILES string of the molecule is CCOC(=O)CN(C)CC(C)(C)C(=O)O. The van der Waals surface area contributed by atoms with E-state index in [2.05, 4.69) is 0 Å². The number of carboxylic acid groups (broad SMARTS) is 1. The summed E-state index contributed by atoms with van der Waals surface area (Å²) in [6.45, 7) is 5.74. The molecule has 0 aliphatic rings. The third-order valence-corrected chi connectivity index (χ3v) is 1.95. The highest BCUT2D eigenvalue weighted by atomic mass is 16.5. The number of carboxylic acids is 1. The van der Waals surface area contributed by atoms with Gasteiger partial charge in [-0.2, -0.15) is 0 Å². The number of aliphatic carboxylic acids is 1. The Morgan fingerprint density at radius 3 is 2.33 bits per heavy atom. The Morgan fingerprint density at radius 2 is 1.93 bits per heavy atom. The van der Waals surface area contributed by atoms with Gasteiger partial charge in [-0.05, 0) is 27.8 Å². The van der Waals surface area contributed by atoms with Gasteiger partial charge >= 0.3 is 11.9 Å². The van der Waals surface area contributed by atoms with E-state index in [9.17, 15) is 9.59 Å². The van der Waals surface area contributed by atoms with Crippen LogP contribution >= 0.6 is 0 Å². The molecule has 0 aliphatic carbocycles. The second-order valence-corrected chi connectivity index (χ2v) is 4.17. The first kappa shape index (κ1) is 13.9. The predicted octanol–water partition coefficient (Wildman–Crippen LogP) is 0.592. The van der Waals surface area contributed by atoms with E-state index in [0.717, 1.165) is 0 Å². The quantitative estimate of drug-likeness (QED) is 0.660. The number of hydrogen-bond donors (Lipinski definition) is 1. The zero-order chi connectivity index (χ0) is 12.1. The van der Waals surface area contributed by atoms with Gasteiger partial charge in [0, 0.05) is 6.54 Å². The molecule has 15 heavy (non-hydrogen) atoms. The number of likely N-dealkylation sites (N-methyl/N-ethyl adjacent to an activating group) is 1. The molecule has 0 fully saturated rings. The Hall–Kier alpha value is -1.10. The summed E-state index contributed by atoms with van der Waals surface area (Å²) in [4.78, 5) is 23.6. The van der Waals surface area contributed by atoms with E-state index in [1.165, 1.54) is 0 Å². The number of carbonyl (C=O) groups excluding carboxylic acids is 1. The number of ether oxygens (including phenoxy) is 1. The summed E-state index contributed by atoms with van der Waals surface area (Å²) in [7, 11) is 1.70. The van der Waals surface area contributed by atoms with Gasteiger partial charge in [0.05, 0.1) is 18.6 Å². The van der Waals surface area contributed by atoms with E-state index in [-0.39, 0.29) is 12.5 Å². The molecule has 0 spiro atoms. The van der Waals surface area contributed by atoms with Crippen LogP contribution in [0.15, 0.2) is 0 Å². The van der Waals surface area contributed by atoms with Crippen molar-refractivity contribution in [3.05, 3.63) is 0 Å². The van der Waals surface area contributed by atoms with E-state index in [1.807, 2.05) is 0 Å². The first-order valence-electron chi connectivity index (χ1n) is 4.87. The summed E-state index contributed by atoms with van der Waals surface area (Å²) in [6, 6.07) is 0. The van der Waals surface area contributed by atoms with Crippen LogP contribution in [0.2, 0.25) is 0 Å². The standard InChI is InChI=1S/C10H19NO4/c1-5-15-8(12)6-11(4)7-10(2,3)9(13)14/h5-7H2,1-4H3,(H,13,14). The summed E-state index contributed by atoms with van der Waals surface area (Å²) < 4.78 is 4.76. The summed E-state index contributed by atoms with van der Waals surface area (Å²) in [6.07, 6.45) is 0. The molecule has 0 heterocycles. The molecule has 0 bridgehead atoms. The summed E-state index contributed by atoms with van der Waals surface area (Å²) in [5, 5.41) is 8.88.